The highest BCUT2D eigenvalue weighted by molar-refractivity contribution is 5.68. The summed E-state index contributed by atoms with van der Waals surface area (Å²) in [6, 6.07) is 0.383. The van der Waals surface area contributed by atoms with Crippen LogP contribution in [0.15, 0.2) is 0 Å². The molecule has 1 heterocycles. The van der Waals surface area contributed by atoms with Gasteiger partial charge < -0.3 is 19.7 Å². The van der Waals surface area contributed by atoms with E-state index in [1.54, 1.807) is 0 Å². The van der Waals surface area contributed by atoms with Crippen LogP contribution in [-0.4, -0.2) is 55.5 Å². The number of carbonyl (C=O) groups excluding carboxylic acids is 1. The molecule has 1 aliphatic rings. The van der Waals surface area contributed by atoms with Gasteiger partial charge in [0.2, 0.25) is 0 Å². The topological polar surface area (TPSA) is 50.8 Å². The number of likely N-dealkylation sites (tertiary alicyclic amines) is 1. The molecule has 1 rings (SSSR count). The summed E-state index contributed by atoms with van der Waals surface area (Å²) in [7, 11) is 0. The fourth-order valence-electron chi connectivity index (χ4n) is 2.45. The van der Waals surface area contributed by atoms with E-state index in [2.05, 4.69) is 12.2 Å². The second-order valence-corrected chi connectivity index (χ2v) is 6.88. The zero-order valence-electron chi connectivity index (χ0n) is 14.3. The number of ether oxygens (including phenoxy) is 2. The third-order valence-corrected chi connectivity index (χ3v) is 3.55. The number of rotatable bonds is 7. The fourth-order valence-corrected chi connectivity index (χ4v) is 2.45. The van der Waals surface area contributed by atoms with E-state index in [1.807, 2.05) is 32.6 Å². The van der Waals surface area contributed by atoms with Gasteiger partial charge in [0.1, 0.15) is 5.60 Å². The number of hydrogen-bond donors (Lipinski definition) is 1. The molecule has 21 heavy (non-hydrogen) atoms. The van der Waals surface area contributed by atoms with Crippen LogP contribution >= 0.6 is 0 Å². The zero-order chi connectivity index (χ0) is 15.9. The predicted octanol–water partition coefficient (Wildman–Crippen LogP) is 2.65. The minimum atomic E-state index is -0.411. The normalized spacial score (nSPS) is 20.6. The molecule has 0 bridgehead atoms. The van der Waals surface area contributed by atoms with E-state index in [4.69, 9.17) is 9.47 Å². The lowest BCUT2D eigenvalue weighted by molar-refractivity contribution is 0.0287. The maximum atomic E-state index is 12.0. The van der Waals surface area contributed by atoms with Crippen molar-refractivity contribution in [3.05, 3.63) is 0 Å². The number of amides is 1. The van der Waals surface area contributed by atoms with E-state index < -0.39 is 5.60 Å². The molecule has 1 fully saturated rings. The summed E-state index contributed by atoms with van der Waals surface area (Å²) >= 11 is 0. The fraction of sp³-hybridized carbons (Fsp3) is 0.938. The summed E-state index contributed by atoms with van der Waals surface area (Å²) in [6.07, 6.45) is 1.99. The average Bonchev–Trinajstić information content (AvgIpc) is 2.83. The van der Waals surface area contributed by atoms with Gasteiger partial charge in [-0.1, -0.05) is 0 Å². The maximum Gasteiger partial charge on any atom is 0.410 e. The van der Waals surface area contributed by atoms with Crippen LogP contribution in [-0.2, 0) is 9.47 Å². The van der Waals surface area contributed by atoms with E-state index in [-0.39, 0.29) is 6.09 Å². The molecule has 1 aliphatic heterocycles. The second kappa shape index (κ2) is 8.59. The Balaban J connectivity index is 2.18. The highest BCUT2D eigenvalue weighted by Crippen LogP contribution is 2.21. The number of carbonyl (C=O) groups is 1. The number of nitrogens with zero attached hydrogens (tertiary/aromatic N) is 1. The Morgan fingerprint density at radius 2 is 2.14 bits per heavy atom. The van der Waals surface area contributed by atoms with Crippen molar-refractivity contribution in [3.63, 3.8) is 0 Å². The molecule has 0 saturated carbocycles. The summed E-state index contributed by atoms with van der Waals surface area (Å²) in [5.41, 5.74) is -0.411. The number of nitrogens with one attached hydrogen (secondary N) is 1. The van der Waals surface area contributed by atoms with E-state index in [0.29, 0.717) is 12.0 Å². The van der Waals surface area contributed by atoms with E-state index in [0.717, 1.165) is 45.7 Å². The molecule has 5 nitrogen and oxygen atoms in total. The monoisotopic (exact) mass is 300 g/mol. The minimum absolute atomic E-state index is 0.178. The molecule has 0 aliphatic carbocycles. The standard InChI is InChI=1S/C16H32N2O3/c1-6-20-12-13(2)17-9-7-14-8-10-18(11-14)15(19)21-16(3,4)5/h13-14,17H,6-12H2,1-5H3. The van der Waals surface area contributed by atoms with Gasteiger partial charge in [0.15, 0.2) is 0 Å². The Bertz CT molecular complexity index is 315. The molecule has 5 heteroatoms. The first-order chi connectivity index (χ1) is 9.81. The molecule has 124 valence electrons. The maximum absolute atomic E-state index is 12.0. The Labute approximate surface area is 129 Å². The van der Waals surface area contributed by atoms with Crippen LogP contribution in [0.1, 0.15) is 47.5 Å². The van der Waals surface area contributed by atoms with E-state index >= 15 is 0 Å². The van der Waals surface area contributed by atoms with Crippen LogP contribution < -0.4 is 5.32 Å². The van der Waals surface area contributed by atoms with Gasteiger partial charge in [-0.25, -0.2) is 4.79 Å². The first kappa shape index (κ1) is 18.2. The van der Waals surface area contributed by atoms with Crippen molar-refractivity contribution in [2.75, 3.05) is 32.8 Å². The smallest absolute Gasteiger partial charge is 0.410 e. The van der Waals surface area contributed by atoms with Gasteiger partial charge in [-0.05, 0) is 59.9 Å². The second-order valence-electron chi connectivity index (χ2n) is 6.88. The molecule has 1 amide bonds. The lowest BCUT2D eigenvalue weighted by Gasteiger charge is -2.24. The summed E-state index contributed by atoms with van der Waals surface area (Å²) < 4.78 is 10.8. The third kappa shape index (κ3) is 7.67. The Hall–Kier alpha value is -0.810. The molecule has 0 spiro atoms. The van der Waals surface area contributed by atoms with E-state index in [1.165, 1.54) is 0 Å². The Morgan fingerprint density at radius 1 is 1.43 bits per heavy atom. The lowest BCUT2D eigenvalue weighted by Crippen LogP contribution is -2.36. The molecule has 0 aromatic rings. The molecule has 2 atom stereocenters. The zero-order valence-corrected chi connectivity index (χ0v) is 14.3. The third-order valence-electron chi connectivity index (χ3n) is 3.55. The van der Waals surface area contributed by atoms with Gasteiger partial charge >= 0.3 is 6.09 Å². The van der Waals surface area contributed by atoms with Gasteiger partial charge in [0.25, 0.3) is 0 Å². The Kier molecular flexibility index (Phi) is 7.46. The predicted molar refractivity (Wildman–Crippen MR) is 84.5 cm³/mol. The van der Waals surface area contributed by atoms with Crippen LogP contribution in [0.25, 0.3) is 0 Å². The van der Waals surface area contributed by atoms with Crippen LogP contribution in [0.4, 0.5) is 4.79 Å². The highest BCUT2D eigenvalue weighted by atomic mass is 16.6. The molecule has 0 aromatic heterocycles. The molecule has 2 unspecified atom stereocenters. The minimum Gasteiger partial charge on any atom is -0.444 e. The SMILES string of the molecule is CCOCC(C)NCCC1CCN(C(=O)OC(C)(C)C)C1. The van der Waals surface area contributed by atoms with E-state index in [9.17, 15) is 4.79 Å². The Morgan fingerprint density at radius 3 is 2.76 bits per heavy atom. The largest absolute Gasteiger partial charge is 0.444 e. The highest BCUT2D eigenvalue weighted by Gasteiger charge is 2.29. The van der Waals surface area contributed by atoms with Gasteiger partial charge in [-0.3, -0.25) is 0 Å². The molecule has 0 radical (unpaired) electrons. The average molecular weight is 300 g/mol. The van der Waals surface area contributed by atoms with Crippen molar-refractivity contribution < 1.29 is 14.3 Å². The quantitative estimate of drug-likeness (QED) is 0.785. The van der Waals surface area contributed by atoms with Gasteiger partial charge in [0, 0.05) is 25.7 Å². The molecular weight excluding hydrogens is 268 g/mol. The van der Waals surface area contributed by atoms with Crippen LogP contribution in [0.5, 0.6) is 0 Å². The molecule has 1 N–H and O–H groups in total. The number of hydrogen-bond acceptors (Lipinski definition) is 4. The van der Waals surface area contributed by atoms with Crippen LogP contribution in [0.3, 0.4) is 0 Å². The molecular formula is C16H32N2O3. The van der Waals surface area contributed by atoms with Crippen molar-refractivity contribution in [1.82, 2.24) is 10.2 Å². The van der Waals surface area contributed by atoms with Crippen molar-refractivity contribution in [2.24, 2.45) is 5.92 Å². The van der Waals surface area contributed by atoms with Gasteiger partial charge in [-0.2, -0.15) is 0 Å². The van der Waals surface area contributed by atoms with Crippen LogP contribution in [0, 0.1) is 5.92 Å². The first-order valence-electron chi connectivity index (χ1n) is 8.11. The first-order valence-corrected chi connectivity index (χ1v) is 8.11. The summed E-state index contributed by atoms with van der Waals surface area (Å²) in [5.74, 6) is 0.573. The lowest BCUT2D eigenvalue weighted by atomic mass is 10.1. The van der Waals surface area contributed by atoms with Crippen molar-refractivity contribution in [1.29, 1.82) is 0 Å². The summed E-state index contributed by atoms with van der Waals surface area (Å²) in [6.45, 7) is 14.0. The summed E-state index contributed by atoms with van der Waals surface area (Å²) in [5, 5.41) is 3.47. The van der Waals surface area contributed by atoms with Crippen LogP contribution in [0.2, 0.25) is 0 Å². The van der Waals surface area contributed by atoms with Crippen molar-refractivity contribution in [2.45, 2.75) is 59.1 Å². The van der Waals surface area contributed by atoms with Gasteiger partial charge in [-0.15, -0.1) is 0 Å². The van der Waals surface area contributed by atoms with Crippen molar-refractivity contribution in [3.8, 4) is 0 Å². The molecule has 1 saturated heterocycles. The van der Waals surface area contributed by atoms with Gasteiger partial charge in [0.05, 0.1) is 6.61 Å². The molecule has 0 aromatic carbocycles. The summed E-state index contributed by atoms with van der Waals surface area (Å²) in [4.78, 5) is 13.8. The van der Waals surface area contributed by atoms with Crippen molar-refractivity contribution >= 4 is 6.09 Å².